The first-order valence-electron chi connectivity index (χ1n) is 5.69. The number of amides is 1. The van der Waals surface area contributed by atoms with E-state index >= 15 is 0 Å². The average molecular weight is 384 g/mol. The molecule has 0 spiro atoms. The molecule has 0 aliphatic carbocycles. The predicted molar refractivity (Wildman–Crippen MR) is 85.4 cm³/mol. The number of nitrogens with one attached hydrogen (secondary N) is 2. The first-order valence-corrected chi connectivity index (χ1v) is 7.28. The monoisotopic (exact) mass is 382 g/mol. The summed E-state index contributed by atoms with van der Waals surface area (Å²) in [4.78, 5) is 11.9. The fourth-order valence-electron chi connectivity index (χ4n) is 1.54. The molecule has 0 bridgehead atoms. The summed E-state index contributed by atoms with van der Waals surface area (Å²) >= 11 is 6.81. The topological polar surface area (TPSA) is 41.1 Å². The van der Waals surface area contributed by atoms with E-state index in [-0.39, 0.29) is 12.5 Å². The third-order valence-corrected chi connectivity index (χ3v) is 3.78. The van der Waals surface area contributed by atoms with Gasteiger partial charge in [0.25, 0.3) is 0 Å². The summed E-state index contributed by atoms with van der Waals surface area (Å²) in [6.45, 7) is 0.220. The van der Waals surface area contributed by atoms with E-state index in [2.05, 4.69) is 42.5 Å². The van der Waals surface area contributed by atoms with Crippen LogP contribution in [0.3, 0.4) is 0 Å². The van der Waals surface area contributed by atoms with Gasteiger partial charge in [0.1, 0.15) is 0 Å². The highest BCUT2D eigenvalue weighted by atomic mass is 79.9. The number of para-hydroxylation sites is 2. The molecule has 0 fully saturated rings. The summed E-state index contributed by atoms with van der Waals surface area (Å²) in [6, 6.07) is 15.3. The Bertz CT molecular complexity index is 553. The van der Waals surface area contributed by atoms with Gasteiger partial charge in [0.05, 0.1) is 12.2 Å². The molecule has 0 saturated heterocycles. The maximum Gasteiger partial charge on any atom is 0.243 e. The predicted octanol–water partition coefficient (Wildman–Crippen LogP) is 4.26. The lowest BCUT2D eigenvalue weighted by Crippen LogP contribution is -2.22. The molecule has 0 aliphatic rings. The molecule has 0 unspecified atom stereocenters. The van der Waals surface area contributed by atoms with Gasteiger partial charge in [-0.2, -0.15) is 0 Å². The number of carbonyl (C=O) groups excluding carboxylic acids is 1. The van der Waals surface area contributed by atoms with Crippen molar-refractivity contribution in [2.24, 2.45) is 0 Å². The van der Waals surface area contributed by atoms with Gasteiger partial charge in [0.2, 0.25) is 5.91 Å². The molecule has 1 amide bonds. The molecule has 3 nitrogen and oxygen atoms in total. The number of benzene rings is 2. The summed E-state index contributed by atoms with van der Waals surface area (Å²) in [5.41, 5.74) is 1.66. The number of hydrogen-bond acceptors (Lipinski definition) is 2. The third-order valence-electron chi connectivity index (χ3n) is 2.45. The number of anilines is 2. The first-order chi connectivity index (χ1) is 9.16. The van der Waals surface area contributed by atoms with Crippen molar-refractivity contribution in [1.29, 1.82) is 0 Å². The second-order valence-corrected chi connectivity index (χ2v) is 5.57. The quantitative estimate of drug-likeness (QED) is 0.827. The highest BCUT2D eigenvalue weighted by Gasteiger charge is 2.08. The number of carbonyl (C=O) groups is 1. The lowest BCUT2D eigenvalue weighted by atomic mass is 10.3. The van der Waals surface area contributed by atoms with Crippen LogP contribution < -0.4 is 10.6 Å². The molecule has 2 aromatic rings. The maximum atomic E-state index is 11.9. The maximum absolute atomic E-state index is 11.9. The summed E-state index contributed by atoms with van der Waals surface area (Å²) < 4.78 is 1.69. The van der Waals surface area contributed by atoms with E-state index in [1.54, 1.807) is 0 Å². The number of rotatable bonds is 4. The highest BCUT2D eigenvalue weighted by Crippen LogP contribution is 2.30. The molecular formula is C14H12Br2N2O. The van der Waals surface area contributed by atoms with Crippen LogP contribution in [0.15, 0.2) is 57.5 Å². The largest absolute Gasteiger partial charge is 0.376 e. The van der Waals surface area contributed by atoms with Gasteiger partial charge in [-0.3, -0.25) is 4.79 Å². The van der Waals surface area contributed by atoms with Gasteiger partial charge in [0, 0.05) is 14.6 Å². The SMILES string of the molecule is O=C(CNc1ccccc1)Nc1c(Br)cccc1Br. The smallest absolute Gasteiger partial charge is 0.243 e. The lowest BCUT2D eigenvalue weighted by molar-refractivity contribution is -0.114. The molecule has 0 atom stereocenters. The van der Waals surface area contributed by atoms with Crippen molar-refractivity contribution in [3.8, 4) is 0 Å². The molecule has 2 aromatic carbocycles. The second-order valence-electron chi connectivity index (χ2n) is 3.86. The normalized spacial score (nSPS) is 10.0. The molecule has 2 rings (SSSR count). The van der Waals surface area contributed by atoms with Crippen molar-refractivity contribution in [2.45, 2.75) is 0 Å². The van der Waals surface area contributed by atoms with Crippen LogP contribution in [0, 0.1) is 0 Å². The Morgan fingerprint density at radius 2 is 1.58 bits per heavy atom. The molecule has 5 heteroatoms. The van der Waals surface area contributed by atoms with E-state index in [1.165, 1.54) is 0 Å². The van der Waals surface area contributed by atoms with Gasteiger partial charge in [-0.1, -0.05) is 24.3 Å². The van der Waals surface area contributed by atoms with Gasteiger partial charge < -0.3 is 10.6 Å². The molecule has 19 heavy (non-hydrogen) atoms. The Morgan fingerprint density at radius 3 is 2.21 bits per heavy atom. The van der Waals surface area contributed by atoms with Gasteiger partial charge in [-0.15, -0.1) is 0 Å². The molecule has 0 aliphatic heterocycles. The summed E-state index contributed by atoms with van der Waals surface area (Å²) in [7, 11) is 0. The van der Waals surface area contributed by atoms with Gasteiger partial charge in [-0.05, 0) is 56.1 Å². The molecule has 0 saturated carbocycles. The summed E-state index contributed by atoms with van der Waals surface area (Å²) in [6.07, 6.45) is 0. The number of halogens is 2. The van der Waals surface area contributed by atoms with Crippen molar-refractivity contribution < 1.29 is 4.79 Å². The lowest BCUT2D eigenvalue weighted by Gasteiger charge is -2.10. The molecule has 0 radical (unpaired) electrons. The van der Waals surface area contributed by atoms with E-state index < -0.39 is 0 Å². The minimum atomic E-state index is -0.101. The van der Waals surface area contributed by atoms with Gasteiger partial charge >= 0.3 is 0 Å². The van der Waals surface area contributed by atoms with Crippen molar-refractivity contribution in [3.05, 3.63) is 57.5 Å². The minimum absolute atomic E-state index is 0.101. The standard InChI is InChI=1S/C14H12Br2N2O/c15-11-7-4-8-12(16)14(11)18-13(19)9-17-10-5-2-1-3-6-10/h1-8,17H,9H2,(H,18,19). The van der Waals surface area contributed by atoms with Crippen molar-refractivity contribution >= 4 is 49.1 Å². The Morgan fingerprint density at radius 1 is 0.947 bits per heavy atom. The van der Waals surface area contributed by atoms with Crippen LogP contribution in [0.2, 0.25) is 0 Å². The molecule has 0 aromatic heterocycles. The summed E-state index contributed by atoms with van der Waals surface area (Å²) in [5.74, 6) is -0.101. The first kappa shape index (κ1) is 14.1. The molecular weight excluding hydrogens is 372 g/mol. The second kappa shape index (κ2) is 6.73. The van der Waals surface area contributed by atoms with E-state index in [0.717, 1.165) is 20.3 Å². The number of hydrogen-bond donors (Lipinski definition) is 2. The van der Waals surface area contributed by atoms with E-state index in [0.29, 0.717) is 0 Å². The molecule has 98 valence electrons. The van der Waals surface area contributed by atoms with Crippen LogP contribution in [-0.2, 0) is 4.79 Å². The van der Waals surface area contributed by atoms with Crippen LogP contribution in [0.25, 0.3) is 0 Å². The van der Waals surface area contributed by atoms with Gasteiger partial charge in [-0.25, -0.2) is 0 Å². The summed E-state index contributed by atoms with van der Waals surface area (Å²) in [5, 5.41) is 5.91. The fourth-order valence-corrected chi connectivity index (χ4v) is 2.74. The van der Waals surface area contributed by atoms with Crippen LogP contribution in [0.5, 0.6) is 0 Å². The Hall–Kier alpha value is -1.33. The van der Waals surface area contributed by atoms with Crippen LogP contribution in [-0.4, -0.2) is 12.5 Å². The zero-order chi connectivity index (χ0) is 13.7. The van der Waals surface area contributed by atoms with Crippen LogP contribution in [0.1, 0.15) is 0 Å². The Balaban J connectivity index is 1.95. The van der Waals surface area contributed by atoms with Crippen molar-refractivity contribution in [3.63, 3.8) is 0 Å². The Labute approximate surface area is 128 Å². The Kier molecular flexibility index (Phi) is 4.99. The minimum Gasteiger partial charge on any atom is -0.376 e. The molecule has 0 heterocycles. The van der Waals surface area contributed by atoms with E-state index in [1.807, 2.05) is 48.5 Å². The zero-order valence-electron chi connectivity index (χ0n) is 9.99. The average Bonchev–Trinajstić information content (AvgIpc) is 2.42. The van der Waals surface area contributed by atoms with Gasteiger partial charge in [0.15, 0.2) is 0 Å². The van der Waals surface area contributed by atoms with Crippen LogP contribution >= 0.6 is 31.9 Å². The van der Waals surface area contributed by atoms with Crippen LogP contribution in [0.4, 0.5) is 11.4 Å². The highest BCUT2D eigenvalue weighted by molar-refractivity contribution is 9.11. The van der Waals surface area contributed by atoms with Crippen molar-refractivity contribution in [1.82, 2.24) is 0 Å². The van der Waals surface area contributed by atoms with Crippen molar-refractivity contribution in [2.75, 3.05) is 17.2 Å². The zero-order valence-corrected chi connectivity index (χ0v) is 13.2. The van der Waals surface area contributed by atoms with E-state index in [9.17, 15) is 4.79 Å². The van der Waals surface area contributed by atoms with E-state index in [4.69, 9.17) is 0 Å². The fraction of sp³-hybridized carbons (Fsp3) is 0.0714. The molecule has 2 N–H and O–H groups in total. The third kappa shape index (κ3) is 4.08.